The highest BCUT2D eigenvalue weighted by molar-refractivity contribution is 5.66. The second-order valence-electron chi connectivity index (χ2n) is 13.5. The third-order valence-corrected chi connectivity index (χ3v) is 9.65. The molecule has 0 fully saturated rings. The average Bonchev–Trinajstić information content (AvgIpc) is 4.06. The summed E-state index contributed by atoms with van der Waals surface area (Å²) in [6.07, 6.45) is 15.9. The Hall–Kier alpha value is -6.94. The van der Waals surface area contributed by atoms with E-state index < -0.39 is 6.98 Å². The fourth-order valence-electron chi connectivity index (χ4n) is 6.80. The fraction of sp³-hybridized carbons (Fsp3) is 0.136. The van der Waals surface area contributed by atoms with E-state index in [-0.39, 0.29) is 6.67 Å². The maximum absolute atomic E-state index is 7.68. The summed E-state index contributed by atoms with van der Waals surface area (Å²) >= 11 is 0. The zero-order valence-corrected chi connectivity index (χ0v) is 29.9. The highest BCUT2D eigenvalue weighted by Crippen LogP contribution is 2.34. The first-order chi connectivity index (χ1) is 27.7. The lowest BCUT2D eigenvalue weighted by Gasteiger charge is -2.24. The molecule has 0 bridgehead atoms. The van der Waals surface area contributed by atoms with Crippen LogP contribution in [0.15, 0.2) is 171 Å². The SMILES string of the molecule is [2H]C([2H])([2H])N1C=CN(c2cccc(Oc3cccc(N4C=CN(c5ccc(N6C=CN(c7cccc(Oc8cccc(N9C=CN(C)C9)c8)c7)C6)cc5)C4)c3)c2)C1. The predicted octanol–water partition coefficient (Wildman–Crippen LogP) is 9.14. The van der Waals surface area contributed by atoms with Crippen molar-refractivity contribution >= 4 is 34.1 Å². The molecule has 9 rings (SSSR count). The Kier molecular flexibility index (Phi) is 7.81. The van der Waals surface area contributed by atoms with Gasteiger partial charge in [0.15, 0.2) is 0 Å². The van der Waals surface area contributed by atoms with Crippen molar-refractivity contribution in [3.63, 3.8) is 0 Å². The second kappa shape index (κ2) is 14.2. The Bertz CT molecular complexity index is 2360. The third-order valence-electron chi connectivity index (χ3n) is 9.65. The summed E-state index contributed by atoms with van der Waals surface area (Å²) < 4.78 is 35.6. The van der Waals surface area contributed by atoms with E-state index in [0.29, 0.717) is 24.8 Å². The zero-order valence-electron chi connectivity index (χ0n) is 32.9. The highest BCUT2D eigenvalue weighted by atomic mass is 16.5. The van der Waals surface area contributed by atoms with Crippen LogP contribution in [0.4, 0.5) is 34.1 Å². The van der Waals surface area contributed by atoms with Crippen molar-refractivity contribution in [2.75, 3.05) is 70.1 Å². The standard InChI is InChI=1S/C44H42N8O2/c1-45-19-21-47(31-45)37-7-3-11-41(27-37)53-43-13-5-9-39(29-43)51-25-23-49(33-51)35-15-17-36(18-16-35)50-24-26-52(34-50)40-10-6-14-44(30-40)54-42-12-4-8-38(28-42)48-22-20-46(2)32-48/h3-30H,31-34H2,1-2H3/i1D3. The maximum atomic E-state index is 7.68. The summed E-state index contributed by atoms with van der Waals surface area (Å²) in [5.74, 6) is 2.97. The second-order valence-corrected chi connectivity index (χ2v) is 13.5. The minimum absolute atomic E-state index is 0.252. The van der Waals surface area contributed by atoms with Crippen LogP contribution in [0.1, 0.15) is 4.11 Å². The van der Waals surface area contributed by atoms with Gasteiger partial charge in [0, 0.05) is 126 Å². The van der Waals surface area contributed by atoms with Crippen LogP contribution in [0.3, 0.4) is 0 Å². The Morgan fingerprint density at radius 3 is 1.02 bits per heavy atom. The van der Waals surface area contributed by atoms with E-state index in [4.69, 9.17) is 13.6 Å². The van der Waals surface area contributed by atoms with Crippen LogP contribution in [0.2, 0.25) is 0 Å². The lowest BCUT2D eigenvalue weighted by molar-refractivity contribution is 0.480. The molecule has 0 aliphatic carbocycles. The van der Waals surface area contributed by atoms with Gasteiger partial charge in [-0.25, -0.2) is 0 Å². The minimum Gasteiger partial charge on any atom is -0.457 e. The molecule has 0 atom stereocenters. The Balaban J connectivity index is 0.790. The fourth-order valence-corrected chi connectivity index (χ4v) is 6.80. The first-order valence-electron chi connectivity index (χ1n) is 19.4. The lowest BCUT2D eigenvalue weighted by Crippen LogP contribution is -2.25. The number of anilines is 6. The molecule has 0 spiro atoms. The third kappa shape index (κ3) is 7.09. The molecule has 0 aromatic heterocycles. The van der Waals surface area contributed by atoms with Crippen molar-refractivity contribution in [3.05, 3.63) is 171 Å². The molecule has 10 nitrogen and oxygen atoms in total. The molecule has 0 saturated carbocycles. The van der Waals surface area contributed by atoms with E-state index in [1.165, 1.54) is 4.90 Å². The number of hydrogen-bond donors (Lipinski definition) is 0. The van der Waals surface area contributed by atoms with Crippen LogP contribution >= 0.6 is 0 Å². The van der Waals surface area contributed by atoms with Crippen LogP contribution < -0.4 is 38.9 Å². The first-order valence-corrected chi connectivity index (χ1v) is 17.9. The molecule has 5 aromatic carbocycles. The quantitative estimate of drug-likeness (QED) is 0.140. The number of hydrogen-bond acceptors (Lipinski definition) is 10. The number of benzene rings is 5. The smallest absolute Gasteiger partial charge is 0.129 e. The van der Waals surface area contributed by atoms with Crippen molar-refractivity contribution in [2.45, 2.75) is 0 Å². The summed E-state index contributed by atoms with van der Waals surface area (Å²) in [4.78, 5) is 16.3. The summed E-state index contributed by atoms with van der Waals surface area (Å²) in [7, 11) is 2.06. The van der Waals surface area contributed by atoms with Gasteiger partial charge in [0.1, 0.15) is 23.0 Å². The molecule has 54 heavy (non-hydrogen) atoms. The van der Waals surface area contributed by atoms with Gasteiger partial charge in [-0.05, 0) is 72.8 Å². The van der Waals surface area contributed by atoms with Gasteiger partial charge in [-0.2, -0.15) is 0 Å². The van der Waals surface area contributed by atoms with Gasteiger partial charge >= 0.3 is 0 Å². The van der Waals surface area contributed by atoms with Gasteiger partial charge in [-0.15, -0.1) is 0 Å². The van der Waals surface area contributed by atoms with Crippen molar-refractivity contribution in [2.24, 2.45) is 0 Å². The molecular formula is C44H42N8O2. The topological polar surface area (TPSA) is 44.4 Å². The van der Waals surface area contributed by atoms with Gasteiger partial charge < -0.3 is 48.7 Å². The lowest BCUT2D eigenvalue weighted by atomic mass is 10.2. The number of ether oxygens (including phenoxy) is 2. The Morgan fingerprint density at radius 2 is 0.685 bits per heavy atom. The summed E-state index contributed by atoms with van der Waals surface area (Å²) in [5.41, 5.74) is 6.20. The van der Waals surface area contributed by atoms with Gasteiger partial charge in [0.2, 0.25) is 0 Å². The van der Waals surface area contributed by atoms with E-state index in [1.54, 1.807) is 12.4 Å². The van der Waals surface area contributed by atoms with E-state index in [2.05, 4.69) is 128 Å². The zero-order chi connectivity index (χ0) is 38.9. The van der Waals surface area contributed by atoms with Crippen LogP contribution in [-0.2, 0) is 0 Å². The molecule has 0 N–H and O–H groups in total. The van der Waals surface area contributed by atoms with E-state index in [1.807, 2.05) is 71.6 Å². The van der Waals surface area contributed by atoms with Crippen LogP contribution in [0, 0.1) is 0 Å². The first kappa shape index (κ1) is 29.6. The van der Waals surface area contributed by atoms with Crippen molar-refractivity contribution in [1.29, 1.82) is 0 Å². The van der Waals surface area contributed by atoms with Gasteiger partial charge in [0.05, 0.1) is 26.7 Å². The number of nitrogens with zero attached hydrogens (tertiary/aromatic N) is 8. The van der Waals surface area contributed by atoms with Crippen molar-refractivity contribution < 1.29 is 13.6 Å². The normalized spacial score (nSPS) is 17.2. The Labute approximate surface area is 321 Å². The van der Waals surface area contributed by atoms with Gasteiger partial charge in [-0.3, -0.25) is 0 Å². The molecule has 0 unspecified atom stereocenters. The maximum Gasteiger partial charge on any atom is 0.129 e. The van der Waals surface area contributed by atoms with Crippen LogP contribution in [0.25, 0.3) is 0 Å². The molecule has 5 aromatic rings. The number of rotatable bonds is 10. The van der Waals surface area contributed by atoms with Gasteiger partial charge in [0.25, 0.3) is 0 Å². The molecular weight excluding hydrogens is 673 g/mol. The molecule has 10 heteroatoms. The van der Waals surface area contributed by atoms with Crippen molar-refractivity contribution in [1.82, 2.24) is 9.80 Å². The summed E-state index contributed by atoms with van der Waals surface area (Å²) in [5, 5.41) is 0. The van der Waals surface area contributed by atoms with Gasteiger partial charge in [-0.1, -0.05) is 24.3 Å². The predicted molar refractivity (Wildman–Crippen MR) is 219 cm³/mol. The summed E-state index contributed by atoms with van der Waals surface area (Å²) in [6.45, 7) is 0.233. The van der Waals surface area contributed by atoms with Crippen LogP contribution in [0.5, 0.6) is 23.0 Å². The Morgan fingerprint density at radius 1 is 0.370 bits per heavy atom. The molecule has 0 saturated heterocycles. The molecule has 4 aliphatic heterocycles. The summed E-state index contributed by atoms with van der Waals surface area (Å²) in [6, 6.07) is 40.6. The highest BCUT2D eigenvalue weighted by Gasteiger charge is 2.20. The average molecular weight is 718 g/mol. The van der Waals surface area contributed by atoms with E-state index in [9.17, 15) is 0 Å². The monoisotopic (exact) mass is 717 g/mol. The molecule has 0 amide bonds. The molecule has 4 heterocycles. The molecule has 0 radical (unpaired) electrons. The van der Waals surface area contributed by atoms with Crippen LogP contribution in [-0.4, -0.2) is 50.5 Å². The molecule has 4 aliphatic rings. The molecule has 270 valence electrons. The van der Waals surface area contributed by atoms with E-state index >= 15 is 0 Å². The minimum atomic E-state index is -2.18. The van der Waals surface area contributed by atoms with Crippen molar-refractivity contribution in [3.8, 4) is 23.0 Å². The van der Waals surface area contributed by atoms with E-state index in [0.717, 1.165) is 52.3 Å². The largest absolute Gasteiger partial charge is 0.457 e.